The maximum Gasteiger partial charge on any atom is 0.0831 e. The largest absolute Gasteiger partial charge is 0.381 e. The lowest BCUT2D eigenvalue weighted by atomic mass is 10.2. The molecular formula is C5H12ClNO2. The molecule has 0 aromatic rings. The SMILES string of the molecule is Cl.NOC1CCOCC1. The molecule has 0 bridgehead atoms. The molecule has 0 aromatic heterocycles. The molecule has 9 heavy (non-hydrogen) atoms. The first-order valence-electron chi connectivity index (χ1n) is 2.87. The van der Waals surface area contributed by atoms with Gasteiger partial charge in [-0.1, -0.05) is 0 Å². The lowest BCUT2D eigenvalue weighted by molar-refractivity contribution is -0.0330. The van der Waals surface area contributed by atoms with Crippen LogP contribution in [-0.4, -0.2) is 19.3 Å². The molecule has 2 N–H and O–H groups in total. The number of hydrogen-bond donors (Lipinski definition) is 1. The second kappa shape index (κ2) is 4.99. The van der Waals surface area contributed by atoms with Crippen LogP contribution in [0.15, 0.2) is 0 Å². The van der Waals surface area contributed by atoms with Gasteiger partial charge in [0.1, 0.15) is 0 Å². The highest BCUT2D eigenvalue weighted by Crippen LogP contribution is 2.07. The zero-order chi connectivity index (χ0) is 5.82. The third-order valence-corrected chi connectivity index (χ3v) is 1.36. The zero-order valence-corrected chi connectivity index (χ0v) is 6.02. The number of halogens is 1. The van der Waals surface area contributed by atoms with Crippen LogP contribution in [0.3, 0.4) is 0 Å². The van der Waals surface area contributed by atoms with Crippen LogP contribution in [0.25, 0.3) is 0 Å². The molecule has 3 nitrogen and oxygen atoms in total. The molecule has 0 atom stereocenters. The van der Waals surface area contributed by atoms with Crippen LogP contribution in [0.5, 0.6) is 0 Å². The summed E-state index contributed by atoms with van der Waals surface area (Å²) >= 11 is 0. The summed E-state index contributed by atoms with van der Waals surface area (Å²) in [6.45, 7) is 1.59. The summed E-state index contributed by atoms with van der Waals surface area (Å²) in [7, 11) is 0. The maximum atomic E-state index is 5.07. The summed E-state index contributed by atoms with van der Waals surface area (Å²) in [6, 6.07) is 0. The molecule has 0 amide bonds. The fourth-order valence-electron chi connectivity index (χ4n) is 0.812. The van der Waals surface area contributed by atoms with Crippen molar-refractivity contribution in [1.29, 1.82) is 0 Å². The molecule has 0 aliphatic carbocycles. The van der Waals surface area contributed by atoms with E-state index < -0.39 is 0 Å². The van der Waals surface area contributed by atoms with Gasteiger partial charge in [0.15, 0.2) is 0 Å². The first-order valence-corrected chi connectivity index (χ1v) is 2.87. The third kappa shape index (κ3) is 3.01. The highest BCUT2D eigenvalue weighted by atomic mass is 35.5. The number of hydrogen-bond acceptors (Lipinski definition) is 3. The summed E-state index contributed by atoms with van der Waals surface area (Å²) in [5, 5.41) is 0. The topological polar surface area (TPSA) is 44.5 Å². The zero-order valence-electron chi connectivity index (χ0n) is 5.21. The molecule has 1 rings (SSSR count). The molecular weight excluding hydrogens is 142 g/mol. The average Bonchev–Trinajstić information content (AvgIpc) is 1.90. The normalized spacial score (nSPS) is 21.0. The highest BCUT2D eigenvalue weighted by molar-refractivity contribution is 5.85. The van der Waals surface area contributed by atoms with E-state index >= 15 is 0 Å². The Hall–Kier alpha value is 0.170. The van der Waals surface area contributed by atoms with Crippen LogP contribution in [0.2, 0.25) is 0 Å². The van der Waals surface area contributed by atoms with Crippen molar-refractivity contribution in [3.8, 4) is 0 Å². The predicted octanol–water partition coefficient (Wildman–Crippen LogP) is 0.477. The van der Waals surface area contributed by atoms with Crippen molar-refractivity contribution in [2.24, 2.45) is 5.90 Å². The molecule has 4 heteroatoms. The van der Waals surface area contributed by atoms with E-state index in [0.717, 1.165) is 26.1 Å². The van der Waals surface area contributed by atoms with Gasteiger partial charge in [-0.2, -0.15) is 0 Å². The second-order valence-electron chi connectivity index (χ2n) is 1.95. The number of ether oxygens (including phenoxy) is 1. The van der Waals surface area contributed by atoms with Crippen LogP contribution in [-0.2, 0) is 9.57 Å². The van der Waals surface area contributed by atoms with E-state index in [1.807, 2.05) is 0 Å². The summed E-state index contributed by atoms with van der Waals surface area (Å²) in [5.74, 6) is 4.95. The monoisotopic (exact) mass is 153 g/mol. The Balaban J connectivity index is 0.000000640. The van der Waals surface area contributed by atoms with Crippen molar-refractivity contribution in [3.63, 3.8) is 0 Å². The smallest absolute Gasteiger partial charge is 0.0831 e. The van der Waals surface area contributed by atoms with Crippen molar-refractivity contribution >= 4 is 12.4 Å². The van der Waals surface area contributed by atoms with Gasteiger partial charge < -0.3 is 9.57 Å². The quantitative estimate of drug-likeness (QED) is 0.558. The predicted molar refractivity (Wildman–Crippen MR) is 36.4 cm³/mol. The van der Waals surface area contributed by atoms with Crippen LogP contribution < -0.4 is 5.90 Å². The van der Waals surface area contributed by atoms with E-state index in [-0.39, 0.29) is 18.5 Å². The molecule has 1 saturated heterocycles. The van der Waals surface area contributed by atoms with Gasteiger partial charge in [-0.15, -0.1) is 12.4 Å². The molecule has 0 radical (unpaired) electrons. The minimum Gasteiger partial charge on any atom is -0.381 e. The molecule has 1 aliphatic rings. The van der Waals surface area contributed by atoms with Crippen molar-refractivity contribution in [2.75, 3.05) is 13.2 Å². The Bertz CT molecular complexity index is 66.0. The Morgan fingerprint density at radius 1 is 1.33 bits per heavy atom. The molecule has 1 fully saturated rings. The van der Waals surface area contributed by atoms with Crippen molar-refractivity contribution < 1.29 is 9.57 Å². The molecule has 0 spiro atoms. The van der Waals surface area contributed by atoms with Gasteiger partial charge in [-0.25, -0.2) is 5.90 Å². The summed E-state index contributed by atoms with van der Waals surface area (Å²) < 4.78 is 5.07. The van der Waals surface area contributed by atoms with E-state index in [1.54, 1.807) is 0 Å². The Morgan fingerprint density at radius 2 is 1.89 bits per heavy atom. The van der Waals surface area contributed by atoms with Crippen molar-refractivity contribution in [3.05, 3.63) is 0 Å². The average molecular weight is 154 g/mol. The first kappa shape index (κ1) is 9.17. The van der Waals surface area contributed by atoms with E-state index in [4.69, 9.17) is 10.6 Å². The molecule has 56 valence electrons. The Kier molecular flexibility index (Phi) is 5.09. The molecule has 1 heterocycles. The number of nitrogens with two attached hydrogens (primary N) is 1. The lowest BCUT2D eigenvalue weighted by Crippen LogP contribution is -2.25. The third-order valence-electron chi connectivity index (χ3n) is 1.36. The highest BCUT2D eigenvalue weighted by Gasteiger charge is 2.11. The van der Waals surface area contributed by atoms with Crippen LogP contribution in [0.4, 0.5) is 0 Å². The maximum absolute atomic E-state index is 5.07. The second-order valence-corrected chi connectivity index (χ2v) is 1.95. The van der Waals surface area contributed by atoms with Gasteiger partial charge in [0.25, 0.3) is 0 Å². The van der Waals surface area contributed by atoms with Crippen molar-refractivity contribution in [2.45, 2.75) is 18.9 Å². The van der Waals surface area contributed by atoms with Gasteiger partial charge in [0, 0.05) is 13.2 Å². The van der Waals surface area contributed by atoms with Crippen LogP contribution in [0.1, 0.15) is 12.8 Å². The van der Waals surface area contributed by atoms with Crippen LogP contribution >= 0.6 is 12.4 Å². The fourth-order valence-corrected chi connectivity index (χ4v) is 0.812. The standard InChI is InChI=1S/C5H11NO2.ClH/c6-8-5-1-3-7-4-2-5;/h5H,1-4,6H2;1H. The molecule has 1 aliphatic heterocycles. The minimum absolute atomic E-state index is 0. The fraction of sp³-hybridized carbons (Fsp3) is 1.00. The van der Waals surface area contributed by atoms with Gasteiger partial charge in [-0.05, 0) is 12.8 Å². The van der Waals surface area contributed by atoms with Gasteiger partial charge in [0.2, 0.25) is 0 Å². The van der Waals surface area contributed by atoms with E-state index in [1.165, 1.54) is 0 Å². The minimum atomic E-state index is 0. The van der Waals surface area contributed by atoms with E-state index in [9.17, 15) is 0 Å². The van der Waals surface area contributed by atoms with Crippen molar-refractivity contribution in [1.82, 2.24) is 0 Å². The van der Waals surface area contributed by atoms with Gasteiger partial charge >= 0.3 is 0 Å². The molecule has 0 aromatic carbocycles. The van der Waals surface area contributed by atoms with E-state index in [2.05, 4.69) is 4.84 Å². The summed E-state index contributed by atoms with van der Waals surface area (Å²) in [5.41, 5.74) is 0. The first-order chi connectivity index (χ1) is 3.93. The summed E-state index contributed by atoms with van der Waals surface area (Å²) in [4.78, 5) is 4.61. The van der Waals surface area contributed by atoms with Crippen LogP contribution in [0, 0.1) is 0 Å². The lowest BCUT2D eigenvalue weighted by Gasteiger charge is -2.18. The van der Waals surface area contributed by atoms with Gasteiger partial charge in [-0.3, -0.25) is 0 Å². The van der Waals surface area contributed by atoms with Gasteiger partial charge in [0.05, 0.1) is 6.10 Å². The number of rotatable bonds is 1. The summed E-state index contributed by atoms with van der Waals surface area (Å²) in [6.07, 6.45) is 2.12. The van der Waals surface area contributed by atoms with E-state index in [0.29, 0.717) is 0 Å². The Labute approximate surface area is 60.9 Å². The molecule has 0 saturated carbocycles. The Morgan fingerprint density at radius 3 is 2.22 bits per heavy atom. The molecule has 0 unspecified atom stereocenters.